The van der Waals surface area contributed by atoms with Crippen LogP contribution in [0.5, 0.6) is 0 Å². The topological polar surface area (TPSA) is 83.0 Å². The summed E-state index contributed by atoms with van der Waals surface area (Å²) in [6.45, 7) is 2.99. The maximum absolute atomic E-state index is 13.0. The highest BCUT2D eigenvalue weighted by Gasteiger charge is 2.51. The van der Waals surface area contributed by atoms with Gasteiger partial charge < -0.3 is 9.64 Å². The summed E-state index contributed by atoms with van der Waals surface area (Å²) in [5, 5.41) is 0. The maximum Gasteiger partial charge on any atom is 0.243 e. The van der Waals surface area contributed by atoms with Crippen molar-refractivity contribution >= 4 is 31.9 Å². The quantitative estimate of drug-likeness (QED) is 0.613. The Balaban J connectivity index is 1.24. The van der Waals surface area contributed by atoms with Gasteiger partial charge in [0.1, 0.15) is 6.23 Å². The average Bonchev–Trinajstić information content (AvgIpc) is 3.13. The van der Waals surface area contributed by atoms with E-state index in [0.29, 0.717) is 57.0 Å². The van der Waals surface area contributed by atoms with E-state index in [0.717, 1.165) is 10.0 Å². The number of piperazine rings is 1. The van der Waals surface area contributed by atoms with Gasteiger partial charge in [-0.25, -0.2) is 8.42 Å². The van der Waals surface area contributed by atoms with E-state index in [2.05, 4.69) is 25.8 Å². The molecule has 1 unspecified atom stereocenters. The number of hydrogen-bond donors (Lipinski definition) is 0. The van der Waals surface area contributed by atoms with Crippen LogP contribution in [0.25, 0.3) is 0 Å². The molecule has 5 rings (SSSR count). The normalized spacial score (nSPS) is 24.1. The maximum atomic E-state index is 13.0. The summed E-state index contributed by atoms with van der Waals surface area (Å²) in [6, 6.07) is 10.6. The summed E-state index contributed by atoms with van der Waals surface area (Å²) in [4.78, 5) is 21.1. The molecule has 32 heavy (non-hydrogen) atoms. The first-order valence-corrected chi connectivity index (χ1v) is 12.9. The predicted octanol–water partition coefficient (Wildman–Crippen LogP) is 2.07. The predicted molar refractivity (Wildman–Crippen MR) is 121 cm³/mol. The number of carbonyl (C=O) groups excluding carboxylic acids is 1. The highest BCUT2D eigenvalue weighted by atomic mass is 79.9. The molecule has 4 heterocycles. The molecule has 0 aliphatic carbocycles. The monoisotopic (exact) mass is 520 g/mol. The van der Waals surface area contributed by atoms with Crippen LogP contribution in [-0.4, -0.2) is 78.0 Å². The first-order chi connectivity index (χ1) is 15.3. The lowest BCUT2D eigenvalue weighted by Crippen LogP contribution is -2.53. The number of hydrogen-bond acceptors (Lipinski definition) is 6. The molecule has 1 atom stereocenters. The fourth-order valence-electron chi connectivity index (χ4n) is 4.79. The number of fused-ring (bicyclic) bond motifs is 1. The molecular formula is C22H25BrN4O4S. The Labute approximate surface area is 196 Å². The number of rotatable bonds is 4. The van der Waals surface area contributed by atoms with Gasteiger partial charge >= 0.3 is 0 Å². The molecule has 0 bridgehead atoms. The van der Waals surface area contributed by atoms with E-state index in [1.165, 1.54) is 4.31 Å². The van der Waals surface area contributed by atoms with E-state index in [4.69, 9.17) is 4.74 Å². The Hall–Kier alpha value is -1.85. The van der Waals surface area contributed by atoms with Gasteiger partial charge in [0.15, 0.2) is 0 Å². The number of sulfonamides is 1. The molecule has 1 spiro atoms. The summed E-state index contributed by atoms with van der Waals surface area (Å²) in [6.07, 6.45) is 4.38. The Morgan fingerprint density at radius 2 is 1.78 bits per heavy atom. The number of nitrogens with zero attached hydrogens (tertiary/aromatic N) is 4. The summed E-state index contributed by atoms with van der Waals surface area (Å²) in [7, 11) is -3.54. The van der Waals surface area contributed by atoms with Crippen molar-refractivity contribution in [3.05, 3.63) is 58.8 Å². The lowest BCUT2D eigenvalue weighted by molar-refractivity contribution is -0.149. The molecule has 170 valence electrons. The molecule has 3 fully saturated rings. The smallest absolute Gasteiger partial charge is 0.243 e. The number of amides is 1. The minimum atomic E-state index is -3.54. The first-order valence-electron chi connectivity index (χ1n) is 10.7. The van der Waals surface area contributed by atoms with Crippen molar-refractivity contribution in [2.24, 2.45) is 0 Å². The van der Waals surface area contributed by atoms with Crippen LogP contribution < -0.4 is 0 Å². The largest absolute Gasteiger partial charge is 0.349 e. The van der Waals surface area contributed by atoms with Crippen molar-refractivity contribution in [1.82, 2.24) is 19.1 Å². The highest BCUT2D eigenvalue weighted by Crippen LogP contribution is 2.38. The van der Waals surface area contributed by atoms with Crippen LogP contribution >= 0.6 is 15.9 Å². The number of carbonyl (C=O) groups is 1. The lowest BCUT2D eigenvalue weighted by Gasteiger charge is -2.37. The zero-order valence-corrected chi connectivity index (χ0v) is 20.0. The van der Waals surface area contributed by atoms with E-state index < -0.39 is 15.6 Å². The molecule has 1 amide bonds. The summed E-state index contributed by atoms with van der Waals surface area (Å²) < 4.78 is 34.8. The van der Waals surface area contributed by atoms with E-state index in [1.807, 2.05) is 17.0 Å². The zero-order valence-electron chi connectivity index (χ0n) is 17.6. The van der Waals surface area contributed by atoms with Crippen LogP contribution in [0.4, 0.5) is 0 Å². The van der Waals surface area contributed by atoms with E-state index >= 15 is 0 Å². The standard InChI is InChI=1S/C22H25BrN4O4S/c23-18-1-3-19(4-2-18)32(29,30)26-11-7-22(8-12-26)16-27-20(28)14-25(15-21(27)31-22)13-17-5-9-24-10-6-17/h1-6,9-10,21H,7-8,11-16H2. The Morgan fingerprint density at radius 3 is 2.47 bits per heavy atom. The summed E-state index contributed by atoms with van der Waals surface area (Å²) in [5.41, 5.74) is 0.638. The van der Waals surface area contributed by atoms with Crippen molar-refractivity contribution < 1.29 is 17.9 Å². The van der Waals surface area contributed by atoms with Gasteiger partial charge in [0.05, 0.1) is 23.6 Å². The van der Waals surface area contributed by atoms with Gasteiger partial charge in [-0.15, -0.1) is 0 Å². The molecule has 1 aromatic carbocycles. The van der Waals surface area contributed by atoms with E-state index in [9.17, 15) is 13.2 Å². The summed E-state index contributed by atoms with van der Waals surface area (Å²) >= 11 is 3.34. The molecule has 3 aliphatic rings. The fourth-order valence-corrected chi connectivity index (χ4v) is 6.49. The lowest BCUT2D eigenvalue weighted by atomic mass is 9.92. The number of halogens is 1. The third-order valence-corrected chi connectivity index (χ3v) is 8.97. The first kappa shape index (κ1) is 22.0. The minimum absolute atomic E-state index is 0.0668. The third-order valence-electron chi connectivity index (χ3n) is 6.53. The second-order valence-corrected chi connectivity index (χ2v) is 11.5. The second-order valence-electron chi connectivity index (χ2n) is 8.66. The van der Waals surface area contributed by atoms with Gasteiger partial charge in [-0.3, -0.25) is 14.7 Å². The molecule has 8 nitrogen and oxygen atoms in total. The van der Waals surface area contributed by atoms with Gasteiger partial charge in [0, 0.05) is 43.0 Å². The average molecular weight is 521 g/mol. The fraction of sp³-hybridized carbons (Fsp3) is 0.455. The number of ether oxygens (including phenoxy) is 1. The van der Waals surface area contributed by atoms with Crippen molar-refractivity contribution in [1.29, 1.82) is 0 Å². The number of aromatic nitrogens is 1. The minimum Gasteiger partial charge on any atom is -0.349 e. The molecule has 0 saturated carbocycles. The SMILES string of the molecule is O=C1CN(Cc2ccncc2)CC2OC3(CCN(S(=O)(=O)c4ccc(Br)cc4)CC3)CN12. The number of pyridine rings is 1. The summed E-state index contributed by atoms with van der Waals surface area (Å²) in [5.74, 6) is 0.0668. The zero-order chi connectivity index (χ0) is 22.3. The van der Waals surface area contributed by atoms with Crippen LogP contribution in [0.3, 0.4) is 0 Å². The second kappa shape index (κ2) is 8.49. The van der Waals surface area contributed by atoms with Crippen molar-refractivity contribution in [3.63, 3.8) is 0 Å². The molecule has 3 saturated heterocycles. The number of benzene rings is 1. The van der Waals surface area contributed by atoms with Gasteiger partial charge in [-0.05, 0) is 54.8 Å². The third kappa shape index (κ3) is 4.22. The van der Waals surface area contributed by atoms with Gasteiger partial charge in [0.25, 0.3) is 0 Å². The van der Waals surface area contributed by atoms with Gasteiger partial charge in [-0.1, -0.05) is 15.9 Å². The van der Waals surface area contributed by atoms with Gasteiger partial charge in [0.2, 0.25) is 15.9 Å². The molecule has 0 N–H and O–H groups in total. The van der Waals surface area contributed by atoms with Crippen LogP contribution in [0.2, 0.25) is 0 Å². The van der Waals surface area contributed by atoms with Crippen molar-refractivity contribution in [2.45, 2.75) is 36.1 Å². The molecule has 1 aromatic heterocycles. The molecule has 0 radical (unpaired) electrons. The number of piperidine rings is 1. The van der Waals surface area contributed by atoms with Crippen LogP contribution in [0.15, 0.2) is 58.2 Å². The molecule has 2 aromatic rings. The Kier molecular flexibility index (Phi) is 5.83. The van der Waals surface area contributed by atoms with Gasteiger partial charge in [-0.2, -0.15) is 4.31 Å². The molecular weight excluding hydrogens is 496 g/mol. The molecule has 3 aliphatic heterocycles. The Morgan fingerprint density at radius 1 is 1.09 bits per heavy atom. The Bertz CT molecular complexity index is 1090. The van der Waals surface area contributed by atoms with Crippen LogP contribution in [0.1, 0.15) is 18.4 Å². The van der Waals surface area contributed by atoms with E-state index in [-0.39, 0.29) is 12.1 Å². The highest BCUT2D eigenvalue weighted by molar-refractivity contribution is 9.10. The molecule has 10 heteroatoms. The van der Waals surface area contributed by atoms with Crippen LogP contribution in [-0.2, 0) is 26.1 Å². The van der Waals surface area contributed by atoms with Crippen molar-refractivity contribution in [3.8, 4) is 0 Å². The van der Waals surface area contributed by atoms with E-state index in [1.54, 1.807) is 36.7 Å². The van der Waals surface area contributed by atoms with Crippen LogP contribution in [0, 0.1) is 0 Å². The van der Waals surface area contributed by atoms with Crippen molar-refractivity contribution in [2.75, 3.05) is 32.7 Å².